The summed E-state index contributed by atoms with van der Waals surface area (Å²) in [6, 6.07) is 5.88. The number of hydrogen-bond acceptors (Lipinski definition) is 7. The van der Waals surface area contributed by atoms with E-state index in [2.05, 4.69) is 20.1 Å². The van der Waals surface area contributed by atoms with Crippen LogP contribution in [0.25, 0.3) is 11.3 Å². The minimum atomic E-state index is -4.71. The lowest BCUT2D eigenvalue weighted by molar-refractivity contribution is -0.141. The highest BCUT2D eigenvalue weighted by Crippen LogP contribution is 2.38. The molecule has 3 heterocycles. The van der Waals surface area contributed by atoms with E-state index in [0.29, 0.717) is 31.6 Å². The predicted molar refractivity (Wildman–Crippen MR) is 143 cm³/mol. The van der Waals surface area contributed by atoms with Crippen molar-refractivity contribution in [1.82, 2.24) is 20.1 Å². The summed E-state index contributed by atoms with van der Waals surface area (Å²) in [7, 11) is 4.72. The van der Waals surface area contributed by atoms with Gasteiger partial charge in [0.2, 0.25) is 0 Å². The van der Waals surface area contributed by atoms with Gasteiger partial charge in [0.15, 0.2) is 16.6 Å². The zero-order valence-corrected chi connectivity index (χ0v) is 23.3. The molecule has 0 radical (unpaired) electrons. The number of carbonyl (C=O) groups is 1. The van der Waals surface area contributed by atoms with E-state index in [0.717, 1.165) is 33.8 Å². The lowest BCUT2D eigenvalue weighted by atomic mass is 10.0. The van der Waals surface area contributed by atoms with Gasteiger partial charge in [-0.3, -0.25) is 4.79 Å². The van der Waals surface area contributed by atoms with Crippen LogP contribution in [-0.4, -0.2) is 66.3 Å². The van der Waals surface area contributed by atoms with E-state index in [1.54, 1.807) is 33.3 Å². The normalized spacial score (nSPS) is 14.3. The number of thiazole rings is 1. The summed E-state index contributed by atoms with van der Waals surface area (Å²) in [4.78, 5) is 21.3. The van der Waals surface area contributed by atoms with Crippen LogP contribution in [0, 0.1) is 19.7 Å². The second kappa shape index (κ2) is 11.4. The summed E-state index contributed by atoms with van der Waals surface area (Å²) in [6.07, 6.45) is -3.57. The van der Waals surface area contributed by atoms with Crippen molar-refractivity contribution in [1.29, 1.82) is 0 Å². The third kappa shape index (κ3) is 5.85. The summed E-state index contributed by atoms with van der Waals surface area (Å²) in [6.45, 7) is 5.05. The van der Waals surface area contributed by atoms with Crippen molar-refractivity contribution in [3.63, 3.8) is 0 Å². The Labute approximate surface area is 228 Å². The van der Waals surface area contributed by atoms with Crippen molar-refractivity contribution in [2.45, 2.75) is 38.9 Å². The Kier molecular flexibility index (Phi) is 8.87. The number of hydrogen-bond donors (Lipinski definition) is 0. The molecule has 0 unspecified atom stereocenters. The quantitative estimate of drug-likeness (QED) is 0.371. The van der Waals surface area contributed by atoms with Crippen molar-refractivity contribution in [3.05, 3.63) is 51.8 Å². The fourth-order valence-corrected chi connectivity index (χ4v) is 5.39. The maximum absolute atomic E-state index is 13.6. The highest BCUT2D eigenvalue weighted by Gasteiger charge is 2.41. The zero-order valence-electron chi connectivity index (χ0n) is 21.6. The van der Waals surface area contributed by atoms with Gasteiger partial charge < -0.3 is 14.7 Å². The number of amides is 1. The molecule has 3 aromatic rings. The van der Waals surface area contributed by atoms with Crippen LogP contribution in [0.4, 0.5) is 28.5 Å². The molecule has 1 fully saturated rings. The molecule has 1 amide bonds. The van der Waals surface area contributed by atoms with Crippen LogP contribution in [0.2, 0.25) is 0 Å². The third-order valence-corrected chi connectivity index (χ3v) is 7.92. The number of aromatic nitrogens is 3. The molecule has 0 bridgehead atoms. The topological polar surface area (TPSA) is 65.5 Å². The highest BCUT2D eigenvalue weighted by molar-refractivity contribution is 7.17. The van der Waals surface area contributed by atoms with Gasteiger partial charge in [0, 0.05) is 45.8 Å². The first-order chi connectivity index (χ1) is 17.4. The molecule has 1 aliphatic rings. The maximum Gasteiger partial charge on any atom is 0.435 e. The Morgan fingerprint density at radius 1 is 1.03 bits per heavy atom. The Hall–Kier alpha value is -2.99. The Morgan fingerprint density at radius 3 is 2.18 bits per heavy atom. The van der Waals surface area contributed by atoms with Gasteiger partial charge in [-0.15, -0.1) is 22.6 Å². The molecule has 0 atom stereocenters. The van der Waals surface area contributed by atoms with Gasteiger partial charge in [0.05, 0.1) is 5.69 Å². The largest absolute Gasteiger partial charge is 0.435 e. The van der Waals surface area contributed by atoms with E-state index < -0.39 is 22.7 Å². The zero-order chi connectivity index (χ0) is 27.1. The van der Waals surface area contributed by atoms with E-state index in [4.69, 9.17) is 0 Å². The van der Waals surface area contributed by atoms with Gasteiger partial charge in [-0.25, -0.2) is 9.37 Å². The number of alkyl halides is 3. The molecule has 2 aromatic heterocycles. The van der Waals surface area contributed by atoms with E-state index >= 15 is 0 Å². The fraction of sp³-hybridized carbons (Fsp3) is 0.440. The monoisotopic (exact) mass is 572 g/mol. The number of nitrogens with zero attached hydrogens (tertiary/aromatic N) is 6. The minimum absolute atomic E-state index is 0. The molecule has 0 spiro atoms. The van der Waals surface area contributed by atoms with Gasteiger partial charge in [0.1, 0.15) is 10.7 Å². The molecular formula is C25H29ClF4N6OS. The van der Waals surface area contributed by atoms with Gasteiger partial charge in [0.25, 0.3) is 5.91 Å². The first-order valence-electron chi connectivity index (χ1n) is 11.8. The van der Waals surface area contributed by atoms with Crippen molar-refractivity contribution in [2.75, 3.05) is 44.0 Å². The molecule has 7 nitrogen and oxygen atoms in total. The molecule has 0 N–H and O–H groups in total. The van der Waals surface area contributed by atoms with Crippen LogP contribution in [0.3, 0.4) is 0 Å². The van der Waals surface area contributed by atoms with E-state index in [1.807, 2.05) is 13.8 Å². The Balaban J connectivity index is 0.00000400. The average Bonchev–Trinajstić information content (AvgIpc) is 3.32. The molecule has 38 heavy (non-hydrogen) atoms. The molecular weight excluding hydrogens is 544 g/mol. The molecule has 0 aliphatic carbocycles. The van der Waals surface area contributed by atoms with Gasteiger partial charge in [-0.2, -0.15) is 13.2 Å². The Morgan fingerprint density at radius 2 is 1.63 bits per heavy atom. The SMILES string of the molecule is Cc1c(-c2ccc(F)cc2)nnc(N2CCC(N(C)C(=O)c3sc(N(C)C)nc3C(F)(F)F)CC2)c1C.Cl. The molecule has 1 aliphatic heterocycles. The average molecular weight is 573 g/mol. The fourth-order valence-electron chi connectivity index (χ4n) is 4.40. The standard InChI is InChI=1S/C25H28F4N6OS.ClH/c1-14-15(2)22(32-31-19(14)16-6-8-17(26)9-7-16)35-12-10-18(11-13-35)34(5)23(36)20-21(25(27,28)29)30-24(37-20)33(3)4;/h6-9,18H,10-13H2,1-5H3;1H. The second-order valence-electron chi connectivity index (χ2n) is 9.33. The van der Waals surface area contributed by atoms with Crippen molar-refractivity contribution in [2.24, 2.45) is 0 Å². The first-order valence-corrected chi connectivity index (χ1v) is 12.6. The van der Waals surface area contributed by atoms with Gasteiger partial charge >= 0.3 is 6.18 Å². The highest BCUT2D eigenvalue weighted by atomic mass is 35.5. The van der Waals surface area contributed by atoms with Gasteiger partial charge in [-0.1, -0.05) is 11.3 Å². The summed E-state index contributed by atoms with van der Waals surface area (Å²) in [5.74, 6) is -0.266. The van der Waals surface area contributed by atoms with E-state index in [9.17, 15) is 22.4 Å². The Bertz CT molecular complexity index is 1290. The predicted octanol–water partition coefficient (Wildman–Crippen LogP) is 5.60. The molecule has 1 saturated heterocycles. The van der Waals surface area contributed by atoms with Crippen LogP contribution in [-0.2, 0) is 6.18 Å². The summed E-state index contributed by atoms with van der Waals surface area (Å²) >= 11 is 0.750. The number of piperidine rings is 1. The van der Waals surface area contributed by atoms with Crippen molar-refractivity contribution >= 4 is 40.6 Å². The smallest absolute Gasteiger partial charge is 0.355 e. The summed E-state index contributed by atoms with van der Waals surface area (Å²) < 4.78 is 54.0. The molecule has 1 aromatic carbocycles. The van der Waals surface area contributed by atoms with Gasteiger partial charge in [-0.05, 0) is 62.1 Å². The minimum Gasteiger partial charge on any atom is -0.355 e. The van der Waals surface area contributed by atoms with E-state index in [1.165, 1.54) is 21.9 Å². The number of benzene rings is 1. The van der Waals surface area contributed by atoms with Crippen LogP contribution < -0.4 is 9.80 Å². The molecule has 0 saturated carbocycles. The van der Waals surface area contributed by atoms with E-state index in [-0.39, 0.29) is 29.4 Å². The van der Waals surface area contributed by atoms with Crippen molar-refractivity contribution < 1.29 is 22.4 Å². The number of halogens is 5. The van der Waals surface area contributed by atoms with Crippen LogP contribution in [0.5, 0.6) is 0 Å². The third-order valence-electron chi connectivity index (χ3n) is 6.71. The van der Waals surface area contributed by atoms with Crippen LogP contribution in [0.15, 0.2) is 24.3 Å². The second-order valence-corrected chi connectivity index (χ2v) is 10.3. The summed E-state index contributed by atoms with van der Waals surface area (Å²) in [5.41, 5.74) is 2.21. The summed E-state index contributed by atoms with van der Waals surface area (Å²) in [5, 5.41) is 8.96. The van der Waals surface area contributed by atoms with Crippen molar-refractivity contribution in [3.8, 4) is 11.3 Å². The molecule has 4 rings (SSSR count). The number of carbonyl (C=O) groups excluding carboxylic acids is 1. The number of anilines is 2. The van der Waals surface area contributed by atoms with Crippen LogP contribution >= 0.6 is 23.7 Å². The maximum atomic E-state index is 13.6. The molecule has 206 valence electrons. The first kappa shape index (κ1) is 29.6. The number of rotatable bonds is 5. The van der Waals surface area contributed by atoms with Crippen LogP contribution in [0.1, 0.15) is 39.3 Å². The lowest BCUT2D eigenvalue weighted by Crippen LogP contribution is -2.46. The molecule has 13 heteroatoms. The lowest BCUT2D eigenvalue weighted by Gasteiger charge is -2.37.